The van der Waals surface area contributed by atoms with Gasteiger partial charge in [0.25, 0.3) is 0 Å². The standard InChI is InChI=1S/C18H23NO2/c1-12(2)14-6-5-13(3)17(9-14)21-18-10-16(20-4)8-7-15(18)11-19/h5-10,12H,11,19H2,1-4H3. The third-order valence-corrected chi connectivity index (χ3v) is 3.59. The maximum atomic E-state index is 6.10. The lowest BCUT2D eigenvalue weighted by molar-refractivity contribution is 0.407. The van der Waals surface area contributed by atoms with Crippen LogP contribution in [-0.4, -0.2) is 7.11 Å². The summed E-state index contributed by atoms with van der Waals surface area (Å²) in [5.41, 5.74) is 9.11. The van der Waals surface area contributed by atoms with E-state index in [1.165, 1.54) is 5.56 Å². The highest BCUT2D eigenvalue weighted by Gasteiger charge is 2.10. The average molecular weight is 285 g/mol. The molecule has 0 unspecified atom stereocenters. The van der Waals surface area contributed by atoms with Crippen molar-refractivity contribution in [3.05, 3.63) is 53.1 Å². The molecule has 0 fully saturated rings. The highest BCUT2D eigenvalue weighted by atomic mass is 16.5. The molecule has 0 amide bonds. The average Bonchev–Trinajstić information content (AvgIpc) is 2.49. The lowest BCUT2D eigenvalue weighted by atomic mass is 10.0. The van der Waals surface area contributed by atoms with E-state index in [9.17, 15) is 0 Å². The smallest absolute Gasteiger partial charge is 0.135 e. The van der Waals surface area contributed by atoms with Crippen LogP contribution in [0.3, 0.4) is 0 Å². The highest BCUT2D eigenvalue weighted by molar-refractivity contribution is 5.46. The molecule has 2 N–H and O–H groups in total. The first-order valence-corrected chi connectivity index (χ1v) is 7.20. The Kier molecular flexibility index (Phi) is 4.86. The van der Waals surface area contributed by atoms with Gasteiger partial charge < -0.3 is 15.2 Å². The molecule has 0 radical (unpaired) electrons. The number of hydrogen-bond donors (Lipinski definition) is 1. The van der Waals surface area contributed by atoms with E-state index in [1.807, 2.05) is 25.1 Å². The van der Waals surface area contributed by atoms with Crippen molar-refractivity contribution in [1.29, 1.82) is 0 Å². The van der Waals surface area contributed by atoms with Crippen molar-refractivity contribution in [1.82, 2.24) is 0 Å². The van der Waals surface area contributed by atoms with E-state index in [0.717, 1.165) is 28.4 Å². The van der Waals surface area contributed by atoms with Crippen molar-refractivity contribution in [3.63, 3.8) is 0 Å². The minimum atomic E-state index is 0.433. The number of aryl methyl sites for hydroxylation is 1. The van der Waals surface area contributed by atoms with Gasteiger partial charge in [0.1, 0.15) is 17.2 Å². The molecule has 0 aliphatic carbocycles. The Morgan fingerprint density at radius 3 is 2.43 bits per heavy atom. The molecule has 0 heterocycles. The van der Waals surface area contributed by atoms with E-state index >= 15 is 0 Å². The van der Waals surface area contributed by atoms with Gasteiger partial charge >= 0.3 is 0 Å². The summed E-state index contributed by atoms with van der Waals surface area (Å²) in [5, 5.41) is 0. The zero-order valence-electron chi connectivity index (χ0n) is 13.1. The Morgan fingerprint density at radius 2 is 1.81 bits per heavy atom. The summed E-state index contributed by atoms with van der Waals surface area (Å²) in [4.78, 5) is 0. The summed E-state index contributed by atoms with van der Waals surface area (Å²) in [6.07, 6.45) is 0. The highest BCUT2D eigenvalue weighted by Crippen LogP contribution is 2.32. The fourth-order valence-electron chi connectivity index (χ4n) is 2.13. The maximum Gasteiger partial charge on any atom is 0.135 e. The molecule has 0 aromatic heterocycles. The Bertz CT molecular complexity index is 621. The van der Waals surface area contributed by atoms with Gasteiger partial charge in [-0.2, -0.15) is 0 Å². The van der Waals surface area contributed by atoms with E-state index < -0.39 is 0 Å². The molecular formula is C18H23NO2. The summed E-state index contributed by atoms with van der Waals surface area (Å²) in [6, 6.07) is 12.0. The molecule has 0 aliphatic rings. The van der Waals surface area contributed by atoms with Crippen LogP contribution in [0.4, 0.5) is 0 Å². The van der Waals surface area contributed by atoms with Crippen LogP contribution in [0.1, 0.15) is 36.5 Å². The Hall–Kier alpha value is -2.00. The predicted octanol–water partition coefficient (Wildman–Crippen LogP) is 4.38. The van der Waals surface area contributed by atoms with Crippen LogP contribution in [0, 0.1) is 6.92 Å². The minimum Gasteiger partial charge on any atom is -0.497 e. The molecule has 21 heavy (non-hydrogen) atoms. The van der Waals surface area contributed by atoms with Crippen LogP contribution in [0.5, 0.6) is 17.2 Å². The van der Waals surface area contributed by atoms with Crippen molar-refractivity contribution >= 4 is 0 Å². The first-order chi connectivity index (χ1) is 10.0. The van der Waals surface area contributed by atoms with Gasteiger partial charge in [-0.3, -0.25) is 0 Å². The zero-order valence-corrected chi connectivity index (χ0v) is 13.1. The van der Waals surface area contributed by atoms with Crippen molar-refractivity contribution in [2.45, 2.75) is 33.2 Å². The number of benzene rings is 2. The number of ether oxygens (including phenoxy) is 2. The van der Waals surface area contributed by atoms with E-state index in [-0.39, 0.29) is 0 Å². The normalized spacial score (nSPS) is 10.8. The Morgan fingerprint density at radius 1 is 1.05 bits per heavy atom. The number of methoxy groups -OCH3 is 1. The molecule has 112 valence electrons. The van der Waals surface area contributed by atoms with Gasteiger partial charge in [0, 0.05) is 18.2 Å². The summed E-state index contributed by atoms with van der Waals surface area (Å²) in [6.45, 7) is 6.82. The largest absolute Gasteiger partial charge is 0.497 e. The molecular weight excluding hydrogens is 262 g/mol. The van der Waals surface area contributed by atoms with Gasteiger partial charge in [0.2, 0.25) is 0 Å². The molecule has 2 aromatic rings. The summed E-state index contributed by atoms with van der Waals surface area (Å²) < 4.78 is 11.4. The number of rotatable bonds is 5. The fourth-order valence-corrected chi connectivity index (χ4v) is 2.13. The van der Waals surface area contributed by atoms with Gasteiger partial charge in [0.05, 0.1) is 7.11 Å². The van der Waals surface area contributed by atoms with Crippen LogP contribution in [0.25, 0.3) is 0 Å². The van der Waals surface area contributed by atoms with Crippen molar-refractivity contribution in [3.8, 4) is 17.2 Å². The zero-order chi connectivity index (χ0) is 15.4. The second kappa shape index (κ2) is 6.64. The van der Waals surface area contributed by atoms with Crippen LogP contribution >= 0.6 is 0 Å². The Balaban J connectivity index is 2.39. The fraction of sp³-hybridized carbons (Fsp3) is 0.333. The molecule has 0 aliphatic heterocycles. The van der Waals surface area contributed by atoms with Crippen molar-refractivity contribution < 1.29 is 9.47 Å². The summed E-state index contributed by atoms with van der Waals surface area (Å²) in [5.74, 6) is 2.84. The van der Waals surface area contributed by atoms with Crippen molar-refractivity contribution in [2.75, 3.05) is 7.11 Å². The van der Waals surface area contributed by atoms with Crippen LogP contribution in [0.2, 0.25) is 0 Å². The lowest BCUT2D eigenvalue weighted by Crippen LogP contribution is -2.01. The second-order valence-corrected chi connectivity index (χ2v) is 5.46. The number of hydrogen-bond acceptors (Lipinski definition) is 3. The van der Waals surface area contributed by atoms with Gasteiger partial charge in [-0.1, -0.05) is 32.0 Å². The van der Waals surface area contributed by atoms with Gasteiger partial charge in [-0.05, 0) is 36.1 Å². The third kappa shape index (κ3) is 3.56. The van der Waals surface area contributed by atoms with Crippen molar-refractivity contribution in [2.24, 2.45) is 5.73 Å². The van der Waals surface area contributed by atoms with E-state index in [1.54, 1.807) is 7.11 Å². The first-order valence-electron chi connectivity index (χ1n) is 7.20. The maximum absolute atomic E-state index is 6.10. The predicted molar refractivity (Wildman–Crippen MR) is 86.2 cm³/mol. The summed E-state index contributed by atoms with van der Waals surface area (Å²) in [7, 11) is 1.64. The van der Waals surface area contributed by atoms with Gasteiger partial charge in [0.15, 0.2) is 0 Å². The van der Waals surface area contributed by atoms with Gasteiger partial charge in [-0.15, -0.1) is 0 Å². The topological polar surface area (TPSA) is 44.5 Å². The minimum absolute atomic E-state index is 0.433. The molecule has 0 spiro atoms. The molecule has 0 atom stereocenters. The Labute approximate surface area is 126 Å². The van der Waals surface area contributed by atoms with E-state index in [4.69, 9.17) is 15.2 Å². The molecule has 3 heteroatoms. The molecule has 2 rings (SSSR count). The summed E-state index contributed by atoms with van der Waals surface area (Å²) >= 11 is 0. The second-order valence-electron chi connectivity index (χ2n) is 5.46. The lowest BCUT2D eigenvalue weighted by Gasteiger charge is -2.15. The van der Waals surface area contributed by atoms with Crippen LogP contribution in [0.15, 0.2) is 36.4 Å². The van der Waals surface area contributed by atoms with Gasteiger partial charge in [-0.25, -0.2) is 0 Å². The van der Waals surface area contributed by atoms with Crippen LogP contribution < -0.4 is 15.2 Å². The van der Waals surface area contributed by atoms with E-state index in [2.05, 4.69) is 32.0 Å². The number of nitrogens with two attached hydrogens (primary N) is 1. The molecule has 0 bridgehead atoms. The quantitative estimate of drug-likeness (QED) is 0.886. The molecule has 2 aromatic carbocycles. The molecule has 3 nitrogen and oxygen atoms in total. The monoisotopic (exact) mass is 285 g/mol. The third-order valence-electron chi connectivity index (χ3n) is 3.59. The molecule has 0 saturated heterocycles. The first kappa shape index (κ1) is 15.4. The van der Waals surface area contributed by atoms with Crippen LogP contribution in [-0.2, 0) is 6.54 Å². The van der Waals surface area contributed by atoms with E-state index in [0.29, 0.717) is 12.5 Å². The SMILES string of the molecule is COc1ccc(CN)c(Oc2cc(C(C)C)ccc2C)c1. The molecule has 0 saturated carbocycles.